The molecule has 0 unspecified atom stereocenters. The van der Waals surface area contributed by atoms with E-state index in [1.54, 1.807) is 20.8 Å². The minimum atomic E-state index is -1.04. The van der Waals surface area contributed by atoms with E-state index in [0.717, 1.165) is 16.7 Å². The average Bonchev–Trinajstić information content (AvgIpc) is 3.09. The number of ether oxygens (including phenoxy) is 2. The van der Waals surface area contributed by atoms with Crippen LogP contribution in [0, 0.1) is 11.3 Å². The minimum absolute atomic E-state index is 0.131. The monoisotopic (exact) mass is 686 g/mol. The molecule has 0 saturated heterocycles. The van der Waals surface area contributed by atoms with Gasteiger partial charge >= 0.3 is 12.1 Å². The van der Waals surface area contributed by atoms with Crippen LogP contribution >= 0.6 is 11.8 Å². The summed E-state index contributed by atoms with van der Waals surface area (Å²) in [4.78, 5) is 53.2. The summed E-state index contributed by atoms with van der Waals surface area (Å²) in [5.41, 5.74) is 2.32. The van der Waals surface area contributed by atoms with Crippen LogP contribution < -0.4 is 10.6 Å². The van der Waals surface area contributed by atoms with Crippen molar-refractivity contribution in [2.45, 2.75) is 68.9 Å². The lowest BCUT2D eigenvalue weighted by Gasteiger charge is -2.37. The Labute approximate surface area is 293 Å². The normalized spacial score (nSPS) is 12.5. The van der Waals surface area contributed by atoms with Crippen LogP contribution in [-0.2, 0) is 28.6 Å². The van der Waals surface area contributed by atoms with Crippen molar-refractivity contribution in [3.05, 3.63) is 108 Å². The third-order valence-corrected chi connectivity index (χ3v) is 9.41. The van der Waals surface area contributed by atoms with Crippen molar-refractivity contribution in [3.63, 3.8) is 0 Å². The molecule has 0 bridgehead atoms. The Kier molecular flexibility index (Phi) is 14.7. The Morgan fingerprint density at radius 3 is 1.82 bits per heavy atom. The predicted molar refractivity (Wildman–Crippen MR) is 190 cm³/mol. The number of methoxy groups -OCH3 is 1. The van der Waals surface area contributed by atoms with Crippen LogP contribution in [0.15, 0.2) is 91.0 Å². The lowest BCUT2D eigenvalue weighted by molar-refractivity contribution is -0.146. The highest BCUT2D eigenvalue weighted by molar-refractivity contribution is 8.00. The quantitative estimate of drug-likeness (QED) is 0.110. The molecule has 0 aliphatic carbocycles. The molecule has 0 aliphatic rings. The molecule has 10 nitrogen and oxygen atoms in total. The molecule has 0 spiro atoms. The number of nitrogens with zero attached hydrogens (tertiary/aromatic N) is 2. The first kappa shape index (κ1) is 38.6. The molecule has 3 aromatic rings. The summed E-state index contributed by atoms with van der Waals surface area (Å²) in [7, 11) is 2.74. The Bertz CT molecular complexity index is 1460. The van der Waals surface area contributed by atoms with Gasteiger partial charge in [-0.1, -0.05) is 91.0 Å². The van der Waals surface area contributed by atoms with Crippen molar-refractivity contribution in [1.29, 1.82) is 5.26 Å². The summed E-state index contributed by atoms with van der Waals surface area (Å²) in [6.07, 6.45) is 0.310. The van der Waals surface area contributed by atoms with E-state index < -0.39 is 52.7 Å². The fraction of sp³-hybridized carbons (Fsp3) is 0.395. The van der Waals surface area contributed by atoms with Crippen molar-refractivity contribution in [1.82, 2.24) is 15.5 Å². The summed E-state index contributed by atoms with van der Waals surface area (Å²) in [6, 6.07) is 29.7. The van der Waals surface area contributed by atoms with Gasteiger partial charge in [0.05, 0.1) is 17.9 Å². The van der Waals surface area contributed by atoms with E-state index >= 15 is 0 Å². The molecule has 3 amide bonds. The van der Waals surface area contributed by atoms with Gasteiger partial charge in [0.15, 0.2) is 0 Å². The molecule has 0 aliphatic heterocycles. The second-order valence-corrected chi connectivity index (χ2v) is 13.7. The van der Waals surface area contributed by atoms with Crippen LogP contribution in [0.1, 0.15) is 63.1 Å². The average molecular weight is 687 g/mol. The van der Waals surface area contributed by atoms with Crippen molar-refractivity contribution in [3.8, 4) is 6.07 Å². The maximum Gasteiger partial charge on any atom is 0.407 e. The van der Waals surface area contributed by atoms with Crippen LogP contribution in [0.2, 0.25) is 0 Å². The maximum atomic E-state index is 14.1. The zero-order valence-electron chi connectivity index (χ0n) is 28.8. The third kappa shape index (κ3) is 11.1. The number of thioether (sulfide) groups is 1. The number of carbonyl (C=O) groups is 4. The third-order valence-electron chi connectivity index (χ3n) is 7.78. The van der Waals surface area contributed by atoms with Gasteiger partial charge in [0.25, 0.3) is 0 Å². The van der Waals surface area contributed by atoms with E-state index in [2.05, 4.69) is 10.6 Å². The van der Waals surface area contributed by atoms with Crippen LogP contribution in [0.4, 0.5) is 4.79 Å². The molecule has 0 radical (unpaired) electrons. The van der Waals surface area contributed by atoms with Gasteiger partial charge in [0.1, 0.15) is 24.1 Å². The lowest BCUT2D eigenvalue weighted by Crippen LogP contribution is -2.53. The smallest absolute Gasteiger partial charge is 0.407 e. The maximum absolute atomic E-state index is 14.1. The summed E-state index contributed by atoms with van der Waals surface area (Å²) in [5.74, 6) is -1.56. The van der Waals surface area contributed by atoms with Gasteiger partial charge in [0.2, 0.25) is 11.8 Å². The van der Waals surface area contributed by atoms with E-state index in [1.807, 2.05) is 97.1 Å². The minimum Gasteiger partial charge on any atom is -0.467 e. The van der Waals surface area contributed by atoms with Crippen LogP contribution in [0.25, 0.3) is 0 Å². The van der Waals surface area contributed by atoms with Gasteiger partial charge in [-0.05, 0) is 56.7 Å². The second kappa shape index (κ2) is 18.7. The molecule has 260 valence electrons. The van der Waals surface area contributed by atoms with Crippen molar-refractivity contribution in [2.24, 2.45) is 0 Å². The van der Waals surface area contributed by atoms with Gasteiger partial charge in [-0.2, -0.15) is 5.26 Å². The molecule has 3 rings (SSSR count). The highest BCUT2D eigenvalue weighted by atomic mass is 32.2. The summed E-state index contributed by atoms with van der Waals surface area (Å²) < 4.78 is 9.49. The number of benzene rings is 3. The molecule has 11 heteroatoms. The zero-order chi connectivity index (χ0) is 35.9. The molecular formula is C38H46N4O6S. The molecule has 2 atom stereocenters. The molecule has 49 heavy (non-hydrogen) atoms. The molecule has 0 fully saturated rings. The lowest BCUT2D eigenvalue weighted by atomic mass is 9.84. The second-order valence-electron chi connectivity index (χ2n) is 12.5. The fourth-order valence-electron chi connectivity index (χ4n) is 5.34. The number of esters is 1. The number of rotatable bonds is 16. The van der Waals surface area contributed by atoms with E-state index in [0.29, 0.717) is 19.4 Å². The van der Waals surface area contributed by atoms with Crippen molar-refractivity contribution < 1.29 is 28.7 Å². The first-order chi connectivity index (χ1) is 23.4. The Balaban J connectivity index is 1.90. The first-order valence-electron chi connectivity index (χ1n) is 16.2. The number of unbranched alkanes of at least 4 members (excludes halogenated alkanes) is 1. The number of nitrogens with one attached hydrogen (secondary N) is 2. The molecule has 3 aromatic carbocycles. The summed E-state index contributed by atoms with van der Waals surface area (Å²) in [6.45, 7) is 5.65. The molecule has 0 saturated carbocycles. The van der Waals surface area contributed by atoms with Gasteiger partial charge in [-0.15, -0.1) is 11.8 Å². The number of nitriles is 1. The first-order valence-corrected chi connectivity index (χ1v) is 17.2. The molecule has 0 aromatic heterocycles. The van der Waals surface area contributed by atoms with Crippen LogP contribution in [-0.4, -0.2) is 72.9 Å². The van der Waals surface area contributed by atoms with Gasteiger partial charge in [-0.3, -0.25) is 9.59 Å². The van der Waals surface area contributed by atoms with Crippen molar-refractivity contribution in [2.75, 3.05) is 26.5 Å². The van der Waals surface area contributed by atoms with E-state index in [9.17, 15) is 24.4 Å². The summed E-state index contributed by atoms with van der Waals surface area (Å²) in [5, 5.41) is 14.8. The number of amides is 3. The van der Waals surface area contributed by atoms with E-state index in [1.165, 1.54) is 30.8 Å². The van der Waals surface area contributed by atoms with E-state index in [4.69, 9.17) is 9.47 Å². The highest BCUT2D eigenvalue weighted by Gasteiger charge is 2.40. The van der Waals surface area contributed by atoms with Crippen molar-refractivity contribution >= 4 is 35.6 Å². The summed E-state index contributed by atoms with van der Waals surface area (Å²) >= 11 is 1.49. The van der Waals surface area contributed by atoms with E-state index in [-0.39, 0.29) is 12.2 Å². The van der Waals surface area contributed by atoms with Gasteiger partial charge in [-0.25, -0.2) is 9.59 Å². The van der Waals surface area contributed by atoms with Gasteiger partial charge < -0.3 is 25.0 Å². The molecular weight excluding hydrogens is 641 g/mol. The van der Waals surface area contributed by atoms with Gasteiger partial charge in [0, 0.05) is 19.3 Å². The highest BCUT2D eigenvalue weighted by Crippen LogP contribution is 2.48. The molecule has 2 N–H and O–H groups in total. The molecule has 0 heterocycles. The number of carbonyl (C=O) groups excluding carboxylic acids is 4. The standard InChI is InChI=1S/C38H46N4O6S/c1-37(2,3)48-36(46)40-26-16-15-23-31(35(45)47-5)41-34(44)32(42(4)33(43)24-25-39)27-49-38(28-17-9-6-10-18-28,29-19-11-7-12-20-29)30-21-13-8-14-22-30/h6-14,17-22,31-32H,15-16,23-24,26-27H2,1-5H3,(H,40,46)(H,41,44)/t31-,32-/m0/s1. The number of hydrogen-bond acceptors (Lipinski definition) is 8. The number of alkyl carbamates (subject to hydrolysis) is 1. The SMILES string of the molecule is COC(=O)[C@H](CCCCNC(=O)OC(C)(C)C)NC(=O)[C@H](CSC(c1ccccc1)(c1ccccc1)c1ccccc1)N(C)C(=O)CC#N. The van der Waals surface area contributed by atoms with Crippen LogP contribution in [0.5, 0.6) is 0 Å². The fourth-order valence-corrected chi connectivity index (χ4v) is 7.03. The topological polar surface area (TPSA) is 138 Å². The Morgan fingerprint density at radius 1 is 0.857 bits per heavy atom. The predicted octanol–water partition coefficient (Wildman–Crippen LogP) is 5.81. The Morgan fingerprint density at radius 2 is 1.37 bits per heavy atom. The number of likely N-dealkylation sites (N-methyl/N-ethyl adjacent to an activating group) is 1. The van der Waals surface area contributed by atoms with Crippen LogP contribution in [0.3, 0.4) is 0 Å². The largest absolute Gasteiger partial charge is 0.467 e. The zero-order valence-corrected chi connectivity index (χ0v) is 29.6. The number of hydrogen-bond donors (Lipinski definition) is 2. The Hall–Kier alpha value is -4.82.